The molecular weight excluding hydrogens is 364 g/mol. The molecule has 4 rings (SSSR count). The third-order valence-electron chi connectivity index (χ3n) is 4.97. The standard InChI is InChI=1S/C21H23ClN2O3/c22-17-3-5-18(6-4-17)24-10-8-23(9-11-24)15-19(25)16-2-7-20-21(14-16)27-13-1-12-26-20/h1-7,12,14,19,25H,8-11,13,15H2. The number of ether oxygens (including phenoxy) is 2. The lowest BCUT2D eigenvalue weighted by Crippen LogP contribution is -2.47. The van der Waals surface area contributed by atoms with Gasteiger partial charge in [-0.25, -0.2) is 0 Å². The average Bonchev–Trinajstić information content (AvgIpc) is 2.94. The number of piperazine rings is 1. The highest BCUT2D eigenvalue weighted by molar-refractivity contribution is 6.30. The second-order valence-electron chi connectivity index (χ2n) is 6.79. The molecule has 0 aliphatic carbocycles. The molecule has 2 aliphatic rings. The van der Waals surface area contributed by atoms with Gasteiger partial charge in [0, 0.05) is 43.4 Å². The van der Waals surface area contributed by atoms with Gasteiger partial charge in [-0.05, 0) is 48.0 Å². The maximum atomic E-state index is 10.7. The van der Waals surface area contributed by atoms with Crippen LogP contribution in [0.15, 0.2) is 54.8 Å². The van der Waals surface area contributed by atoms with Gasteiger partial charge in [0.05, 0.1) is 12.4 Å². The summed E-state index contributed by atoms with van der Waals surface area (Å²) in [5.74, 6) is 1.35. The number of nitrogens with zero attached hydrogens (tertiary/aromatic N) is 2. The Morgan fingerprint density at radius 3 is 2.56 bits per heavy atom. The van der Waals surface area contributed by atoms with Crippen molar-refractivity contribution in [3.05, 3.63) is 65.4 Å². The zero-order valence-electron chi connectivity index (χ0n) is 15.1. The van der Waals surface area contributed by atoms with Crippen LogP contribution in [0.2, 0.25) is 5.02 Å². The summed E-state index contributed by atoms with van der Waals surface area (Å²) in [6, 6.07) is 13.6. The molecule has 1 unspecified atom stereocenters. The van der Waals surface area contributed by atoms with Gasteiger partial charge in [-0.3, -0.25) is 4.90 Å². The number of hydrogen-bond acceptors (Lipinski definition) is 5. The van der Waals surface area contributed by atoms with Crippen LogP contribution in [-0.4, -0.2) is 49.3 Å². The molecule has 0 radical (unpaired) electrons. The first-order valence-electron chi connectivity index (χ1n) is 9.18. The van der Waals surface area contributed by atoms with E-state index in [-0.39, 0.29) is 0 Å². The molecule has 2 heterocycles. The monoisotopic (exact) mass is 386 g/mol. The van der Waals surface area contributed by atoms with E-state index in [4.69, 9.17) is 21.1 Å². The Morgan fingerprint density at radius 1 is 1.00 bits per heavy atom. The lowest BCUT2D eigenvalue weighted by Gasteiger charge is -2.37. The van der Waals surface area contributed by atoms with Gasteiger partial charge in [0.15, 0.2) is 11.5 Å². The second-order valence-corrected chi connectivity index (χ2v) is 7.22. The summed E-state index contributed by atoms with van der Waals surface area (Å²) in [5, 5.41) is 11.4. The van der Waals surface area contributed by atoms with Gasteiger partial charge >= 0.3 is 0 Å². The Kier molecular flexibility index (Phi) is 5.53. The molecular formula is C21H23ClN2O3. The third kappa shape index (κ3) is 4.38. The predicted octanol–water partition coefficient (Wildman–Crippen LogP) is 3.48. The van der Waals surface area contributed by atoms with Crippen LogP contribution in [0.5, 0.6) is 11.5 Å². The molecule has 5 nitrogen and oxygen atoms in total. The van der Waals surface area contributed by atoms with Gasteiger partial charge in [-0.1, -0.05) is 17.7 Å². The summed E-state index contributed by atoms with van der Waals surface area (Å²) < 4.78 is 11.1. The van der Waals surface area contributed by atoms with E-state index in [0.717, 1.165) is 36.8 Å². The molecule has 0 spiro atoms. The van der Waals surface area contributed by atoms with Crippen LogP contribution >= 0.6 is 11.6 Å². The number of fused-ring (bicyclic) bond motifs is 1. The fraction of sp³-hybridized carbons (Fsp3) is 0.333. The minimum atomic E-state index is -0.558. The van der Waals surface area contributed by atoms with Gasteiger partial charge in [0.2, 0.25) is 0 Å². The fourth-order valence-electron chi connectivity index (χ4n) is 3.43. The van der Waals surface area contributed by atoms with Crippen molar-refractivity contribution in [3.8, 4) is 11.5 Å². The van der Waals surface area contributed by atoms with Gasteiger partial charge in [-0.15, -0.1) is 0 Å². The first-order valence-corrected chi connectivity index (χ1v) is 9.56. The highest BCUT2D eigenvalue weighted by Gasteiger charge is 2.21. The minimum absolute atomic E-state index is 0.471. The quantitative estimate of drug-likeness (QED) is 0.871. The zero-order chi connectivity index (χ0) is 18.6. The number of anilines is 1. The van der Waals surface area contributed by atoms with Crippen molar-refractivity contribution >= 4 is 17.3 Å². The summed E-state index contributed by atoms with van der Waals surface area (Å²) in [4.78, 5) is 4.64. The molecule has 6 heteroatoms. The first-order chi connectivity index (χ1) is 13.2. The van der Waals surface area contributed by atoms with Gasteiger partial charge in [0.1, 0.15) is 6.61 Å². The van der Waals surface area contributed by atoms with E-state index in [1.54, 1.807) is 6.26 Å². The maximum Gasteiger partial charge on any atom is 0.168 e. The summed E-state index contributed by atoms with van der Waals surface area (Å²) in [6.07, 6.45) is 2.88. The van der Waals surface area contributed by atoms with Gasteiger partial charge < -0.3 is 19.5 Å². The van der Waals surface area contributed by atoms with Crippen molar-refractivity contribution in [3.63, 3.8) is 0 Å². The molecule has 27 heavy (non-hydrogen) atoms. The molecule has 2 aliphatic heterocycles. The molecule has 0 saturated carbocycles. The molecule has 1 fully saturated rings. The van der Waals surface area contributed by atoms with Crippen LogP contribution in [0.3, 0.4) is 0 Å². The summed E-state index contributed by atoms with van der Waals surface area (Å²) in [7, 11) is 0. The van der Waals surface area contributed by atoms with Crippen molar-refractivity contribution in [2.75, 3.05) is 44.2 Å². The largest absolute Gasteiger partial charge is 0.485 e. The molecule has 142 valence electrons. The number of halogens is 1. The number of aliphatic hydroxyl groups is 1. The average molecular weight is 387 g/mol. The highest BCUT2D eigenvalue weighted by Crippen LogP contribution is 2.32. The van der Waals surface area contributed by atoms with Crippen LogP contribution in [-0.2, 0) is 0 Å². The molecule has 0 amide bonds. The Hall–Kier alpha value is -2.21. The Balaban J connectivity index is 1.33. The maximum absolute atomic E-state index is 10.7. The summed E-state index contributed by atoms with van der Waals surface area (Å²) in [6.45, 7) is 4.76. The van der Waals surface area contributed by atoms with E-state index in [1.165, 1.54) is 5.69 Å². The topological polar surface area (TPSA) is 45.2 Å². The lowest BCUT2D eigenvalue weighted by atomic mass is 10.1. The van der Waals surface area contributed by atoms with Crippen LogP contribution in [0.1, 0.15) is 11.7 Å². The van der Waals surface area contributed by atoms with E-state index in [1.807, 2.05) is 36.4 Å². The van der Waals surface area contributed by atoms with E-state index >= 15 is 0 Å². The van der Waals surface area contributed by atoms with E-state index in [2.05, 4.69) is 21.9 Å². The van der Waals surface area contributed by atoms with Crippen molar-refractivity contribution < 1.29 is 14.6 Å². The van der Waals surface area contributed by atoms with E-state index in [9.17, 15) is 5.11 Å². The summed E-state index contributed by atoms with van der Waals surface area (Å²) in [5.41, 5.74) is 2.04. The minimum Gasteiger partial charge on any atom is -0.485 e. The highest BCUT2D eigenvalue weighted by atomic mass is 35.5. The smallest absolute Gasteiger partial charge is 0.168 e. The SMILES string of the molecule is OC(CN1CCN(c2ccc(Cl)cc2)CC1)c1ccc2c(c1)OCC=CO2. The van der Waals surface area contributed by atoms with Crippen molar-refractivity contribution in [1.29, 1.82) is 0 Å². The van der Waals surface area contributed by atoms with E-state index in [0.29, 0.717) is 24.7 Å². The third-order valence-corrected chi connectivity index (χ3v) is 5.23. The Morgan fingerprint density at radius 2 is 1.78 bits per heavy atom. The fourth-order valence-corrected chi connectivity index (χ4v) is 3.56. The van der Waals surface area contributed by atoms with Crippen molar-refractivity contribution in [2.24, 2.45) is 0 Å². The Labute approximate surface area is 164 Å². The van der Waals surface area contributed by atoms with E-state index < -0.39 is 6.10 Å². The number of hydrogen-bond donors (Lipinski definition) is 1. The van der Waals surface area contributed by atoms with Crippen LogP contribution in [0.4, 0.5) is 5.69 Å². The van der Waals surface area contributed by atoms with Crippen LogP contribution < -0.4 is 14.4 Å². The molecule has 0 aromatic heterocycles. The second kappa shape index (κ2) is 8.21. The molecule has 2 aromatic carbocycles. The summed E-state index contributed by atoms with van der Waals surface area (Å²) >= 11 is 5.97. The number of aliphatic hydroxyl groups excluding tert-OH is 1. The van der Waals surface area contributed by atoms with Crippen molar-refractivity contribution in [2.45, 2.75) is 6.10 Å². The molecule has 0 bridgehead atoms. The van der Waals surface area contributed by atoms with Gasteiger partial charge in [0.25, 0.3) is 0 Å². The predicted molar refractivity (Wildman–Crippen MR) is 107 cm³/mol. The normalized spacial score (nSPS) is 18.2. The molecule has 1 saturated heterocycles. The molecule has 1 atom stereocenters. The number of rotatable bonds is 4. The van der Waals surface area contributed by atoms with Crippen LogP contribution in [0.25, 0.3) is 0 Å². The Bertz CT molecular complexity index is 802. The lowest BCUT2D eigenvalue weighted by molar-refractivity contribution is 0.109. The number of benzene rings is 2. The van der Waals surface area contributed by atoms with Crippen molar-refractivity contribution in [1.82, 2.24) is 4.90 Å². The first kappa shape index (κ1) is 18.2. The number of β-amino-alcohol motifs (C(OH)–C–C–N with tert-alkyl or cyclic N) is 1. The molecule has 1 N–H and O–H groups in total. The zero-order valence-corrected chi connectivity index (χ0v) is 15.8. The molecule has 2 aromatic rings. The van der Waals surface area contributed by atoms with Crippen LogP contribution in [0, 0.1) is 0 Å². The van der Waals surface area contributed by atoms with Gasteiger partial charge in [-0.2, -0.15) is 0 Å².